The molecule has 8 heteroatoms. The van der Waals surface area contributed by atoms with Crippen LogP contribution in [0, 0.1) is 0 Å². The first-order valence-electron chi connectivity index (χ1n) is 5.54. The number of rotatable bonds is 3. The van der Waals surface area contributed by atoms with E-state index in [4.69, 9.17) is 14.6 Å². The van der Waals surface area contributed by atoms with Crippen molar-refractivity contribution in [1.82, 2.24) is 0 Å². The first kappa shape index (κ1) is 13.3. The molecular weight excluding hydrogens is 274 g/mol. The number of carboxylic acids is 1. The van der Waals surface area contributed by atoms with Gasteiger partial charge in [-0.25, -0.2) is 9.59 Å². The Kier molecular flexibility index (Phi) is 3.70. The van der Waals surface area contributed by atoms with Crippen molar-refractivity contribution in [3.63, 3.8) is 0 Å². The second-order valence-electron chi connectivity index (χ2n) is 3.65. The lowest BCUT2D eigenvalue weighted by Gasteiger charge is -2.05. The van der Waals surface area contributed by atoms with Crippen LogP contribution in [0.15, 0.2) is 0 Å². The summed E-state index contributed by atoms with van der Waals surface area (Å²) in [5.74, 6) is -3.42. The first-order chi connectivity index (χ1) is 9.04. The van der Waals surface area contributed by atoms with E-state index in [-0.39, 0.29) is 17.2 Å². The van der Waals surface area contributed by atoms with E-state index in [1.165, 1.54) is 0 Å². The lowest BCUT2D eigenvalue weighted by molar-refractivity contribution is -0.147. The highest BCUT2D eigenvalue weighted by Crippen LogP contribution is 2.43. The van der Waals surface area contributed by atoms with Crippen molar-refractivity contribution < 1.29 is 29.0 Å². The standard InChI is InChI=1S/C11H11NO6S/c1-2-17-10(16)6-5-3-4-18-11(5)19-8(6)12-7(13)9(14)15/h2-4H2,1H3,(H,12,13)(H,14,15). The van der Waals surface area contributed by atoms with E-state index >= 15 is 0 Å². The molecule has 0 spiro atoms. The highest BCUT2D eigenvalue weighted by Gasteiger charge is 2.30. The minimum absolute atomic E-state index is 0.149. The molecule has 102 valence electrons. The van der Waals surface area contributed by atoms with Gasteiger partial charge in [0.05, 0.1) is 13.2 Å². The van der Waals surface area contributed by atoms with Gasteiger partial charge in [-0.15, -0.1) is 0 Å². The summed E-state index contributed by atoms with van der Waals surface area (Å²) in [7, 11) is 0. The van der Waals surface area contributed by atoms with Crippen molar-refractivity contribution >= 4 is 34.2 Å². The van der Waals surface area contributed by atoms with Crippen LogP contribution >= 0.6 is 11.3 Å². The highest BCUT2D eigenvalue weighted by atomic mass is 32.1. The molecule has 2 heterocycles. The van der Waals surface area contributed by atoms with E-state index in [2.05, 4.69) is 5.32 Å². The molecule has 0 unspecified atom stereocenters. The summed E-state index contributed by atoms with van der Waals surface area (Å²) in [6, 6.07) is 0. The molecule has 19 heavy (non-hydrogen) atoms. The molecule has 0 saturated heterocycles. The molecule has 0 fully saturated rings. The Morgan fingerprint density at radius 1 is 1.47 bits per heavy atom. The van der Waals surface area contributed by atoms with E-state index in [0.717, 1.165) is 11.3 Å². The number of aliphatic carboxylic acids is 1. The lowest BCUT2D eigenvalue weighted by atomic mass is 10.1. The second-order valence-corrected chi connectivity index (χ2v) is 4.63. The molecule has 7 nitrogen and oxygen atoms in total. The molecule has 0 radical (unpaired) electrons. The zero-order valence-corrected chi connectivity index (χ0v) is 10.8. The van der Waals surface area contributed by atoms with Gasteiger partial charge >= 0.3 is 17.8 Å². The summed E-state index contributed by atoms with van der Waals surface area (Å²) in [5, 5.41) is 11.4. The summed E-state index contributed by atoms with van der Waals surface area (Å²) in [4.78, 5) is 33.6. The van der Waals surface area contributed by atoms with Crippen molar-refractivity contribution in [2.75, 3.05) is 18.5 Å². The number of esters is 1. The summed E-state index contributed by atoms with van der Waals surface area (Å²) < 4.78 is 10.2. The van der Waals surface area contributed by atoms with Gasteiger partial charge in [0.2, 0.25) is 0 Å². The van der Waals surface area contributed by atoms with Crippen LogP contribution in [0.2, 0.25) is 0 Å². The van der Waals surface area contributed by atoms with Crippen LogP contribution in [0.3, 0.4) is 0 Å². The molecule has 0 bridgehead atoms. The fourth-order valence-electron chi connectivity index (χ4n) is 1.70. The zero-order valence-electron chi connectivity index (χ0n) is 10.0. The molecule has 2 N–H and O–H groups in total. The summed E-state index contributed by atoms with van der Waals surface area (Å²) >= 11 is 1.03. The summed E-state index contributed by atoms with van der Waals surface area (Å²) in [5.41, 5.74) is 0.845. The van der Waals surface area contributed by atoms with Crippen LogP contribution in [0.1, 0.15) is 22.8 Å². The van der Waals surface area contributed by atoms with Crippen LogP contribution in [-0.4, -0.2) is 36.2 Å². The number of anilines is 1. The van der Waals surface area contributed by atoms with E-state index in [1.54, 1.807) is 6.92 Å². The molecule has 0 atom stereocenters. The van der Waals surface area contributed by atoms with Gasteiger partial charge in [-0.05, 0) is 6.92 Å². The van der Waals surface area contributed by atoms with Gasteiger partial charge in [0.15, 0.2) is 5.06 Å². The number of carbonyl (C=O) groups is 3. The zero-order chi connectivity index (χ0) is 14.0. The van der Waals surface area contributed by atoms with Crippen LogP contribution in [-0.2, 0) is 20.7 Å². The molecule has 0 aliphatic carbocycles. The number of ether oxygens (including phenoxy) is 2. The summed E-state index contributed by atoms with van der Waals surface area (Å²) in [6.45, 7) is 2.31. The number of hydrogen-bond acceptors (Lipinski definition) is 6. The van der Waals surface area contributed by atoms with Crippen molar-refractivity contribution in [2.45, 2.75) is 13.3 Å². The van der Waals surface area contributed by atoms with Crippen LogP contribution in [0.25, 0.3) is 0 Å². The topological polar surface area (TPSA) is 102 Å². The number of nitrogens with one attached hydrogen (secondary N) is 1. The number of fused-ring (bicyclic) bond motifs is 1. The monoisotopic (exact) mass is 285 g/mol. The smallest absolute Gasteiger partial charge is 0.394 e. The number of carboxylic acid groups (broad SMARTS) is 1. The Morgan fingerprint density at radius 2 is 2.21 bits per heavy atom. The van der Waals surface area contributed by atoms with E-state index in [0.29, 0.717) is 23.7 Å². The van der Waals surface area contributed by atoms with Crippen molar-refractivity contribution in [2.24, 2.45) is 0 Å². The van der Waals surface area contributed by atoms with Gasteiger partial charge in [0.1, 0.15) is 10.6 Å². The molecule has 2 rings (SSSR count). The van der Waals surface area contributed by atoms with Gasteiger partial charge in [-0.1, -0.05) is 11.3 Å². The predicted molar refractivity (Wildman–Crippen MR) is 65.7 cm³/mol. The minimum atomic E-state index is -1.62. The van der Waals surface area contributed by atoms with Gasteiger partial charge in [0.25, 0.3) is 0 Å². The third kappa shape index (κ3) is 2.53. The number of amides is 1. The molecule has 1 aromatic heterocycles. The van der Waals surface area contributed by atoms with Gasteiger partial charge < -0.3 is 19.9 Å². The van der Waals surface area contributed by atoms with Crippen molar-refractivity contribution in [3.8, 4) is 5.06 Å². The number of hydrogen-bond donors (Lipinski definition) is 2. The Bertz CT molecular complexity index is 550. The van der Waals surface area contributed by atoms with E-state index < -0.39 is 17.8 Å². The fraction of sp³-hybridized carbons (Fsp3) is 0.364. The average molecular weight is 285 g/mol. The number of thiophene rings is 1. The maximum atomic E-state index is 11.9. The Morgan fingerprint density at radius 3 is 2.84 bits per heavy atom. The van der Waals surface area contributed by atoms with Gasteiger partial charge in [0, 0.05) is 12.0 Å². The molecule has 1 amide bonds. The van der Waals surface area contributed by atoms with Crippen LogP contribution < -0.4 is 10.1 Å². The second kappa shape index (κ2) is 5.27. The van der Waals surface area contributed by atoms with E-state index in [1.807, 2.05) is 0 Å². The first-order valence-corrected chi connectivity index (χ1v) is 6.36. The Labute approximate surface area is 112 Å². The largest absolute Gasteiger partial charge is 0.483 e. The maximum absolute atomic E-state index is 11.9. The van der Waals surface area contributed by atoms with Crippen LogP contribution in [0.5, 0.6) is 5.06 Å². The van der Waals surface area contributed by atoms with E-state index in [9.17, 15) is 14.4 Å². The molecule has 1 aliphatic heterocycles. The molecule has 0 saturated carbocycles. The summed E-state index contributed by atoms with van der Waals surface area (Å²) in [6.07, 6.45) is 0.531. The molecule has 1 aromatic rings. The fourth-order valence-corrected chi connectivity index (χ4v) is 2.80. The lowest BCUT2D eigenvalue weighted by Crippen LogP contribution is -2.22. The third-order valence-electron chi connectivity index (χ3n) is 2.46. The van der Waals surface area contributed by atoms with Crippen molar-refractivity contribution in [1.29, 1.82) is 0 Å². The quantitative estimate of drug-likeness (QED) is 0.631. The Hall–Kier alpha value is -2.09. The van der Waals surface area contributed by atoms with Crippen molar-refractivity contribution in [3.05, 3.63) is 11.1 Å². The maximum Gasteiger partial charge on any atom is 0.394 e. The third-order valence-corrected chi connectivity index (χ3v) is 3.52. The molecule has 1 aliphatic rings. The molecular formula is C11H11NO6S. The van der Waals surface area contributed by atoms with Gasteiger partial charge in [-0.2, -0.15) is 0 Å². The van der Waals surface area contributed by atoms with Gasteiger partial charge in [-0.3, -0.25) is 4.79 Å². The SMILES string of the molecule is CCOC(=O)c1c(NC(=O)C(=O)O)sc2c1CCO2. The number of carbonyl (C=O) groups excluding carboxylic acids is 2. The predicted octanol–water partition coefficient (Wildman–Crippen LogP) is 0.883. The molecule has 0 aromatic carbocycles. The average Bonchev–Trinajstić information content (AvgIpc) is 2.88. The Balaban J connectivity index is 2.35. The normalized spacial score (nSPS) is 12.5. The highest BCUT2D eigenvalue weighted by molar-refractivity contribution is 7.18. The van der Waals surface area contributed by atoms with Crippen LogP contribution in [0.4, 0.5) is 5.00 Å². The minimum Gasteiger partial charge on any atom is -0.483 e.